The first-order valence-electron chi connectivity index (χ1n) is 4.38. The Bertz CT molecular complexity index is 96.0. The van der Waals surface area contributed by atoms with Crippen LogP contribution in [0.15, 0.2) is 0 Å². The molecule has 0 aromatic carbocycles. The van der Waals surface area contributed by atoms with Crippen LogP contribution in [-0.2, 0) is 0 Å². The van der Waals surface area contributed by atoms with Crippen molar-refractivity contribution in [1.29, 1.82) is 0 Å². The van der Waals surface area contributed by atoms with Gasteiger partial charge in [-0.3, -0.25) is 4.90 Å². The molecular formula is C6H15BN4. The Hall–Kier alpha value is -0.0951. The van der Waals surface area contributed by atoms with E-state index in [0.29, 0.717) is 7.12 Å². The van der Waals surface area contributed by atoms with Crippen molar-refractivity contribution < 1.29 is 0 Å². The van der Waals surface area contributed by atoms with Crippen molar-refractivity contribution in [2.45, 2.75) is 0 Å². The van der Waals surface area contributed by atoms with E-state index in [0.717, 1.165) is 19.6 Å². The fourth-order valence-corrected chi connectivity index (χ4v) is 1.65. The van der Waals surface area contributed by atoms with Crippen LogP contribution in [0.25, 0.3) is 0 Å². The number of nitrogens with one attached hydrogen (secondary N) is 3. The van der Waals surface area contributed by atoms with Gasteiger partial charge in [-0.1, -0.05) is 0 Å². The summed E-state index contributed by atoms with van der Waals surface area (Å²) in [5.74, 6) is 0. The molecule has 3 aliphatic heterocycles. The van der Waals surface area contributed by atoms with Gasteiger partial charge in [-0.15, -0.1) is 0 Å². The maximum atomic E-state index is 3.39. The second-order valence-corrected chi connectivity index (χ2v) is 3.14. The maximum absolute atomic E-state index is 3.39. The molecule has 0 unspecified atom stereocenters. The Morgan fingerprint density at radius 2 is 1.27 bits per heavy atom. The Balaban J connectivity index is 1.96. The number of fused-ring (bicyclic) bond motifs is 6. The number of rotatable bonds is 0. The molecule has 0 aromatic heterocycles. The lowest BCUT2D eigenvalue weighted by molar-refractivity contribution is 0.270. The third-order valence-electron chi connectivity index (χ3n) is 2.33. The lowest BCUT2D eigenvalue weighted by Gasteiger charge is -2.32. The number of hydrogen-bond donors (Lipinski definition) is 3. The summed E-state index contributed by atoms with van der Waals surface area (Å²) in [5.41, 5.74) is 0. The average Bonchev–Trinajstić information content (AvgIpc) is 1.80. The van der Waals surface area contributed by atoms with E-state index in [2.05, 4.69) is 20.6 Å². The van der Waals surface area contributed by atoms with Gasteiger partial charge in [0.05, 0.1) is 0 Å². The molecule has 3 aliphatic rings. The molecule has 5 heteroatoms. The quantitative estimate of drug-likeness (QED) is 0.355. The van der Waals surface area contributed by atoms with Crippen LogP contribution in [0.4, 0.5) is 0 Å². The van der Waals surface area contributed by atoms with Crippen LogP contribution in [0.1, 0.15) is 0 Å². The van der Waals surface area contributed by atoms with Crippen LogP contribution in [0.2, 0.25) is 0 Å². The van der Waals surface area contributed by atoms with Gasteiger partial charge in [0.2, 0.25) is 0 Å². The second kappa shape index (κ2) is 3.54. The summed E-state index contributed by atoms with van der Waals surface area (Å²) in [6.45, 7) is 6.85. The average molecular weight is 154 g/mol. The van der Waals surface area contributed by atoms with Crippen molar-refractivity contribution in [2.24, 2.45) is 0 Å². The van der Waals surface area contributed by atoms with E-state index in [4.69, 9.17) is 0 Å². The Labute approximate surface area is 67.9 Å². The fourth-order valence-electron chi connectivity index (χ4n) is 1.65. The molecule has 0 saturated carbocycles. The fraction of sp³-hybridized carbons (Fsp3) is 1.00. The first-order chi connectivity index (χ1) is 5.45. The summed E-state index contributed by atoms with van der Waals surface area (Å²) in [7, 11) is 0.345. The highest BCUT2D eigenvalue weighted by Gasteiger charge is 2.20. The molecule has 0 radical (unpaired) electrons. The van der Waals surface area contributed by atoms with E-state index in [1.54, 1.807) is 0 Å². The molecule has 0 spiro atoms. The molecule has 3 rings (SSSR count). The summed E-state index contributed by atoms with van der Waals surface area (Å²) in [6.07, 6.45) is 0. The Morgan fingerprint density at radius 1 is 0.818 bits per heavy atom. The Kier molecular flexibility index (Phi) is 2.43. The third-order valence-corrected chi connectivity index (χ3v) is 2.33. The molecule has 3 fully saturated rings. The van der Waals surface area contributed by atoms with Crippen LogP contribution < -0.4 is 15.7 Å². The van der Waals surface area contributed by atoms with Gasteiger partial charge in [-0.2, -0.15) is 0 Å². The molecule has 3 N–H and O–H groups in total. The standard InChI is InChI=1S/C6H15BN4/c1-4-11-5-2-9-7(8-1)10-3-6-11/h8-10H,1-6H2. The molecule has 0 amide bonds. The van der Waals surface area contributed by atoms with Crippen LogP contribution in [0, 0.1) is 0 Å². The van der Waals surface area contributed by atoms with Crippen LogP contribution in [0.3, 0.4) is 0 Å². The number of hydrogen-bond acceptors (Lipinski definition) is 4. The monoisotopic (exact) mass is 154 g/mol. The van der Waals surface area contributed by atoms with Crippen LogP contribution >= 0.6 is 0 Å². The van der Waals surface area contributed by atoms with Crippen molar-refractivity contribution in [3.63, 3.8) is 0 Å². The van der Waals surface area contributed by atoms with Gasteiger partial charge in [-0.05, 0) is 19.6 Å². The molecule has 4 nitrogen and oxygen atoms in total. The van der Waals surface area contributed by atoms with Gasteiger partial charge in [-0.25, -0.2) is 0 Å². The predicted octanol–water partition coefficient (Wildman–Crippen LogP) is -1.93. The minimum atomic E-state index is 0.345. The largest absolute Gasteiger partial charge is 0.395 e. The normalized spacial score (nSPS) is 27.8. The van der Waals surface area contributed by atoms with E-state index in [9.17, 15) is 0 Å². The smallest absolute Gasteiger partial charge is 0.327 e. The van der Waals surface area contributed by atoms with Crippen LogP contribution in [-0.4, -0.2) is 51.3 Å². The first-order valence-corrected chi connectivity index (χ1v) is 4.38. The van der Waals surface area contributed by atoms with Crippen molar-refractivity contribution in [3.8, 4) is 0 Å². The van der Waals surface area contributed by atoms with Gasteiger partial charge < -0.3 is 15.7 Å². The highest BCUT2D eigenvalue weighted by Crippen LogP contribution is 1.91. The molecule has 2 bridgehead atoms. The van der Waals surface area contributed by atoms with E-state index < -0.39 is 0 Å². The summed E-state index contributed by atoms with van der Waals surface area (Å²) in [5, 5.41) is 10.2. The lowest BCUT2D eigenvalue weighted by atomic mass is 9.92. The van der Waals surface area contributed by atoms with Gasteiger partial charge in [0.1, 0.15) is 0 Å². The van der Waals surface area contributed by atoms with E-state index in [1.165, 1.54) is 19.6 Å². The van der Waals surface area contributed by atoms with Crippen LogP contribution in [0.5, 0.6) is 0 Å². The van der Waals surface area contributed by atoms with E-state index in [-0.39, 0.29) is 0 Å². The van der Waals surface area contributed by atoms with Gasteiger partial charge in [0.25, 0.3) is 0 Å². The van der Waals surface area contributed by atoms with Gasteiger partial charge in [0.15, 0.2) is 0 Å². The molecule has 0 atom stereocenters. The second-order valence-electron chi connectivity index (χ2n) is 3.14. The van der Waals surface area contributed by atoms with E-state index in [1.807, 2.05) is 0 Å². The van der Waals surface area contributed by atoms with Crippen molar-refractivity contribution in [2.75, 3.05) is 39.3 Å². The minimum Gasteiger partial charge on any atom is -0.327 e. The Morgan fingerprint density at radius 3 is 1.73 bits per heavy atom. The lowest BCUT2D eigenvalue weighted by Crippen LogP contribution is -2.65. The molecule has 0 aromatic rings. The molecule has 3 saturated heterocycles. The summed E-state index contributed by atoms with van der Waals surface area (Å²) in [4.78, 5) is 2.47. The van der Waals surface area contributed by atoms with Crippen molar-refractivity contribution in [1.82, 2.24) is 20.6 Å². The summed E-state index contributed by atoms with van der Waals surface area (Å²) < 4.78 is 0. The third kappa shape index (κ3) is 1.93. The van der Waals surface area contributed by atoms with Crippen molar-refractivity contribution in [3.05, 3.63) is 0 Å². The topological polar surface area (TPSA) is 39.3 Å². The minimum absolute atomic E-state index is 0.345. The molecule has 3 heterocycles. The zero-order valence-corrected chi connectivity index (χ0v) is 6.77. The highest BCUT2D eigenvalue weighted by molar-refractivity contribution is 6.50. The van der Waals surface area contributed by atoms with Gasteiger partial charge in [0, 0.05) is 19.6 Å². The van der Waals surface area contributed by atoms with E-state index >= 15 is 0 Å². The van der Waals surface area contributed by atoms with Crippen molar-refractivity contribution >= 4 is 7.12 Å². The molecule has 0 aliphatic carbocycles. The zero-order valence-electron chi connectivity index (χ0n) is 6.77. The predicted molar refractivity (Wildman–Crippen MR) is 46.2 cm³/mol. The molecule has 11 heavy (non-hydrogen) atoms. The summed E-state index contributed by atoms with van der Waals surface area (Å²) in [6, 6.07) is 0. The first kappa shape index (κ1) is 7.55. The SMILES string of the molecule is C1CN2CCNB(N1)NCC2. The number of nitrogens with zero attached hydrogens (tertiary/aromatic N) is 1. The van der Waals surface area contributed by atoms with Gasteiger partial charge >= 0.3 is 7.12 Å². The molecular weight excluding hydrogens is 139 g/mol. The molecule has 62 valence electrons. The highest BCUT2D eigenvalue weighted by atomic mass is 15.2. The summed E-state index contributed by atoms with van der Waals surface area (Å²) >= 11 is 0. The maximum Gasteiger partial charge on any atom is 0.395 e. The zero-order chi connectivity index (χ0) is 7.52.